The fourth-order valence-electron chi connectivity index (χ4n) is 4.96. The van der Waals surface area contributed by atoms with Crippen LogP contribution in [0.25, 0.3) is 0 Å². The van der Waals surface area contributed by atoms with E-state index < -0.39 is 17.5 Å². The van der Waals surface area contributed by atoms with Gasteiger partial charge < -0.3 is 11.1 Å². The van der Waals surface area contributed by atoms with Crippen LogP contribution in [0.1, 0.15) is 43.6 Å². The van der Waals surface area contributed by atoms with Crippen LogP contribution in [0.2, 0.25) is 0 Å². The minimum atomic E-state index is -1.16. The van der Waals surface area contributed by atoms with Crippen LogP contribution in [0.3, 0.4) is 0 Å². The van der Waals surface area contributed by atoms with Gasteiger partial charge in [0.05, 0.1) is 6.04 Å². The van der Waals surface area contributed by atoms with Crippen LogP contribution in [0.15, 0.2) is 28.9 Å². The SMILES string of the molecule is N[C@H]1C[C@@H](N2CC3=CNC(C4CC4)=NC3C2)CCC1c1cc(F)c(F)cc1F. The van der Waals surface area contributed by atoms with Crippen molar-refractivity contribution in [2.75, 3.05) is 13.1 Å². The summed E-state index contributed by atoms with van der Waals surface area (Å²) in [5.74, 6) is -1.42. The van der Waals surface area contributed by atoms with E-state index in [2.05, 4.69) is 16.4 Å². The predicted molar refractivity (Wildman–Crippen MR) is 101 cm³/mol. The second-order valence-electron chi connectivity index (χ2n) is 8.62. The monoisotopic (exact) mass is 390 g/mol. The molecule has 1 aromatic rings. The Morgan fingerprint density at radius 2 is 1.82 bits per heavy atom. The molecule has 5 rings (SSSR count). The van der Waals surface area contributed by atoms with Gasteiger partial charge in [0.25, 0.3) is 0 Å². The number of rotatable bonds is 3. The van der Waals surface area contributed by atoms with Crippen LogP contribution < -0.4 is 11.1 Å². The molecule has 4 nitrogen and oxygen atoms in total. The lowest BCUT2D eigenvalue weighted by Crippen LogP contribution is -2.45. The molecule has 0 bridgehead atoms. The zero-order chi connectivity index (χ0) is 19.4. The minimum Gasteiger partial charge on any atom is -0.350 e. The van der Waals surface area contributed by atoms with E-state index in [4.69, 9.17) is 10.7 Å². The number of fused-ring (bicyclic) bond motifs is 1. The Morgan fingerprint density at radius 1 is 1.04 bits per heavy atom. The first-order valence-corrected chi connectivity index (χ1v) is 10.2. The number of halogens is 3. The van der Waals surface area contributed by atoms with Crippen LogP contribution in [0.4, 0.5) is 13.2 Å². The van der Waals surface area contributed by atoms with Gasteiger partial charge in [0.2, 0.25) is 0 Å². The van der Waals surface area contributed by atoms with Crippen molar-refractivity contribution in [3.63, 3.8) is 0 Å². The van der Waals surface area contributed by atoms with E-state index in [1.165, 1.54) is 18.4 Å². The van der Waals surface area contributed by atoms with Gasteiger partial charge >= 0.3 is 0 Å². The number of hydrogen-bond acceptors (Lipinski definition) is 4. The molecule has 3 N–H and O–H groups in total. The minimum absolute atomic E-state index is 0.200. The molecule has 0 amide bonds. The third-order valence-corrected chi connectivity index (χ3v) is 6.71. The summed E-state index contributed by atoms with van der Waals surface area (Å²) in [5.41, 5.74) is 7.89. The summed E-state index contributed by atoms with van der Waals surface area (Å²) in [6.07, 6.45) is 6.82. The highest BCUT2D eigenvalue weighted by molar-refractivity contribution is 5.88. The van der Waals surface area contributed by atoms with Gasteiger partial charge in [-0.2, -0.15) is 0 Å². The van der Waals surface area contributed by atoms with E-state index in [9.17, 15) is 13.2 Å². The van der Waals surface area contributed by atoms with E-state index in [1.807, 2.05) is 0 Å². The molecule has 0 spiro atoms. The smallest absolute Gasteiger partial charge is 0.161 e. The van der Waals surface area contributed by atoms with Gasteiger partial charge in [-0.1, -0.05) is 0 Å². The van der Waals surface area contributed by atoms with Gasteiger partial charge in [0.1, 0.15) is 11.7 Å². The number of nitrogens with one attached hydrogen (secondary N) is 1. The highest BCUT2D eigenvalue weighted by Crippen LogP contribution is 2.38. The number of aliphatic imine (C=N–C) groups is 1. The van der Waals surface area contributed by atoms with Crippen molar-refractivity contribution >= 4 is 5.84 Å². The van der Waals surface area contributed by atoms with Gasteiger partial charge in [-0.05, 0) is 49.3 Å². The maximum atomic E-state index is 14.2. The molecule has 1 saturated heterocycles. The lowest BCUT2D eigenvalue weighted by molar-refractivity contribution is 0.168. The van der Waals surface area contributed by atoms with E-state index in [1.54, 1.807) is 0 Å². The Hall–Kier alpha value is -1.86. The van der Waals surface area contributed by atoms with Crippen molar-refractivity contribution in [1.82, 2.24) is 10.2 Å². The van der Waals surface area contributed by atoms with Crippen LogP contribution >= 0.6 is 0 Å². The molecular weight excluding hydrogens is 365 g/mol. The van der Waals surface area contributed by atoms with Crippen molar-refractivity contribution in [1.29, 1.82) is 0 Å². The maximum Gasteiger partial charge on any atom is 0.161 e. The Labute approximate surface area is 162 Å². The first-order valence-electron chi connectivity index (χ1n) is 10.2. The van der Waals surface area contributed by atoms with Crippen LogP contribution in [0.5, 0.6) is 0 Å². The summed E-state index contributed by atoms with van der Waals surface area (Å²) in [6.45, 7) is 1.77. The average molecular weight is 390 g/mol. The quantitative estimate of drug-likeness (QED) is 0.780. The highest BCUT2D eigenvalue weighted by Gasteiger charge is 2.40. The summed E-state index contributed by atoms with van der Waals surface area (Å²) in [7, 11) is 0. The number of nitrogens with two attached hydrogens (primary N) is 1. The van der Waals surface area contributed by atoms with Crippen molar-refractivity contribution < 1.29 is 13.2 Å². The normalized spacial score (nSPS) is 33.1. The molecule has 0 aromatic heterocycles. The first kappa shape index (κ1) is 18.2. The van der Waals surface area contributed by atoms with Crippen molar-refractivity contribution in [3.8, 4) is 0 Å². The van der Waals surface area contributed by atoms with Gasteiger partial charge in [-0.15, -0.1) is 0 Å². The Morgan fingerprint density at radius 3 is 2.57 bits per heavy atom. The number of benzene rings is 1. The van der Waals surface area contributed by atoms with E-state index in [0.717, 1.165) is 37.8 Å². The van der Waals surface area contributed by atoms with Gasteiger partial charge in [0, 0.05) is 49.3 Å². The molecule has 28 heavy (non-hydrogen) atoms. The van der Waals surface area contributed by atoms with Crippen LogP contribution in [-0.2, 0) is 0 Å². The third kappa shape index (κ3) is 3.24. The summed E-state index contributed by atoms with van der Waals surface area (Å²) < 4.78 is 41.0. The van der Waals surface area contributed by atoms with Crippen molar-refractivity contribution in [2.45, 2.75) is 56.1 Å². The molecule has 7 heteroatoms. The molecule has 1 aromatic carbocycles. The second kappa shape index (κ2) is 6.88. The third-order valence-electron chi connectivity index (χ3n) is 6.71. The molecule has 4 atom stereocenters. The molecule has 3 fully saturated rings. The molecule has 2 aliphatic heterocycles. The van der Waals surface area contributed by atoms with Gasteiger partial charge in [-0.25, -0.2) is 13.2 Å². The first-order chi connectivity index (χ1) is 13.5. The number of nitrogens with zero attached hydrogens (tertiary/aromatic N) is 2. The van der Waals surface area contributed by atoms with Crippen LogP contribution in [-0.4, -0.2) is 42.0 Å². The summed E-state index contributed by atoms with van der Waals surface area (Å²) in [4.78, 5) is 7.33. The maximum absolute atomic E-state index is 14.2. The molecule has 2 saturated carbocycles. The summed E-state index contributed by atoms with van der Waals surface area (Å²) in [5, 5.41) is 3.36. The van der Waals surface area contributed by atoms with Crippen molar-refractivity contribution in [2.24, 2.45) is 16.6 Å². The van der Waals surface area contributed by atoms with Crippen LogP contribution in [0, 0.1) is 23.4 Å². The molecule has 150 valence electrons. The zero-order valence-corrected chi connectivity index (χ0v) is 15.7. The molecule has 4 aliphatic rings. The second-order valence-corrected chi connectivity index (χ2v) is 8.62. The average Bonchev–Trinajstić information content (AvgIpc) is 3.43. The largest absolute Gasteiger partial charge is 0.350 e. The fourth-order valence-corrected chi connectivity index (χ4v) is 4.96. The molecule has 2 aliphatic carbocycles. The number of likely N-dealkylation sites (tertiary alicyclic amines) is 1. The lowest BCUT2D eigenvalue weighted by atomic mass is 9.77. The number of hydrogen-bond donors (Lipinski definition) is 2. The van der Waals surface area contributed by atoms with Crippen molar-refractivity contribution in [3.05, 3.63) is 46.9 Å². The van der Waals surface area contributed by atoms with E-state index in [0.29, 0.717) is 24.4 Å². The highest BCUT2D eigenvalue weighted by atomic mass is 19.2. The molecule has 0 radical (unpaired) electrons. The molecule has 2 heterocycles. The molecular formula is C21H25F3N4. The topological polar surface area (TPSA) is 53.6 Å². The lowest BCUT2D eigenvalue weighted by Gasteiger charge is -2.38. The standard InChI is InChI=1S/C21H25F3N4/c22-16-7-18(24)17(23)6-15(16)14-4-3-13(5-19(14)25)28-9-12-8-26-21(11-1-2-11)27-20(12)10-28/h6-8,11,13-14,19-20H,1-5,9-10,25H2,(H,26,27)/t13-,14?,19-,20?/m0/s1. The Balaban J connectivity index is 1.26. The number of amidine groups is 1. The van der Waals surface area contributed by atoms with E-state index >= 15 is 0 Å². The summed E-state index contributed by atoms with van der Waals surface area (Å²) in [6, 6.07) is 1.87. The van der Waals surface area contributed by atoms with Gasteiger partial charge in [0.15, 0.2) is 11.6 Å². The summed E-state index contributed by atoms with van der Waals surface area (Å²) >= 11 is 0. The Kier molecular flexibility index (Phi) is 4.47. The fraction of sp³-hybridized carbons (Fsp3) is 0.571. The van der Waals surface area contributed by atoms with Gasteiger partial charge in [-0.3, -0.25) is 9.89 Å². The Bertz CT molecular complexity index is 848. The predicted octanol–water partition coefficient (Wildman–Crippen LogP) is 3.05. The van der Waals surface area contributed by atoms with E-state index in [-0.39, 0.29) is 23.6 Å². The molecule has 2 unspecified atom stereocenters. The zero-order valence-electron chi connectivity index (χ0n) is 15.7.